The summed E-state index contributed by atoms with van der Waals surface area (Å²) in [5.41, 5.74) is 6.39. The molecule has 3 aromatic rings. The van der Waals surface area contributed by atoms with Crippen LogP contribution in [0.1, 0.15) is 39.3 Å². The molecule has 3 rings (SSSR count). The lowest BCUT2D eigenvalue weighted by molar-refractivity contribution is -0.140. The number of benzene rings is 2. The molecule has 0 atom stereocenters. The van der Waals surface area contributed by atoms with Crippen LogP contribution in [0.4, 0.5) is 5.69 Å². The summed E-state index contributed by atoms with van der Waals surface area (Å²) < 4.78 is 6.69. The van der Waals surface area contributed by atoms with E-state index in [1.807, 2.05) is 19.9 Å². The molecule has 1 aromatic heterocycles. The normalized spacial score (nSPS) is 10.5. The first-order chi connectivity index (χ1) is 15.8. The minimum Gasteiger partial charge on any atom is -0.469 e. The molecule has 172 valence electrons. The topological polar surface area (TPSA) is 89.4 Å². The fourth-order valence-electron chi connectivity index (χ4n) is 3.66. The number of anilines is 1. The third-order valence-corrected chi connectivity index (χ3v) is 5.45. The quantitative estimate of drug-likeness (QED) is 0.513. The fourth-order valence-corrected chi connectivity index (χ4v) is 3.66. The molecule has 1 heterocycles. The van der Waals surface area contributed by atoms with Crippen LogP contribution in [-0.4, -0.2) is 36.0 Å². The molecule has 0 aliphatic rings. The van der Waals surface area contributed by atoms with Crippen molar-refractivity contribution >= 4 is 23.5 Å². The van der Waals surface area contributed by atoms with E-state index in [0.717, 1.165) is 22.6 Å². The average molecular weight is 448 g/mol. The van der Waals surface area contributed by atoms with Gasteiger partial charge in [0.25, 0.3) is 5.91 Å². The predicted molar refractivity (Wildman–Crippen MR) is 128 cm³/mol. The van der Waals surface area contributed by atoms with Gasteiger partial charge in [0.2, 0.25) is 5.91 Å². The van der Waals surface area contributed by atoms with E-state index in [-0.39, 0.29) is 37.2 Å². The van der Waals surface area contributed by atoms with Crippen molar-refractivity contribution in [1.82, 2.24) is 9.88 Å². The van der Waals surface area contributed by atoms with Crippen molar-refractivity contribution in [2.45, 2.75) is 33.6 Å². The molecule has 0 unspecified atom stereocenters. The molecule has 2 aromatic carbocycles. The molecular weight excluding hydrogens is 418 g/mol. The molecule has 0 saturated heterocycles. The van der Waals surface area contributed by atoms with Gasteiger partial charge in [0.05, 0.1) is 20.0 Å². The van der Waals surface area contributed by atoms with Crippen LogP contribution in [0.15, 0.2) is 54.6 Å². The highest BCUT2D eigenvalue weighted by molar-refractivity contribution is 5.96. The highest BCUT2D eigenvalue weighted by atomic mass is 16.5. The number of carbonyl (C=O) groups excluding carboxylic acids is 3. The number of hydrogen-bond donors (Lipinski definition) is 2. The van der Waals surface area contributed by atoms with Crippen molar-refractivity contribution in [3.8, 4) is 5.69 Å². The molecule has 33 heavy (non-hydrogen) atoms. The van der Waals surface area contributed by atoms with Gasteiger partial charge in [-0.05, 0) is 68.8 Å². The second-order valence-electron chi connectivity index (χ2n) is 7.95. The van der Waals surface area contributed by atoms with Gasteiger partial charge < -0.3 is 19.9 Å². The number of carbonyl (C=O) groups is 3. The zero-order valence-corrected chi connectivity index (χ0v) is 19.4. The summed E-state index contributed by atoms with van der Waals surface area (Å²) in [5.74, 6) is -0.803. The van der Waals surface area contributed by atoms with Crippen LogP contribution in [0.5, 0.6) is 0 Å². The van der Waals surface area contributed by atoms with E-state index in [9.17, 15) is 14.4 Å². The number of hydrogen-bond acceptors (Lipinski definition) is 4. The lowest BCUT2D eigenvalue weighted by Gasteiger charge is -2.11. The number of rotatable bonds is 8. The van der Waals surface area contributed by atoms with Crippen molar-refractivity contribution in [2.75, 3.05) is 19.0 Å². The van der Waals surface area contributed by atoms with Crippen LogP contribution >= 0.6 is 0 Å². The van der Waals surface area contributed by atoms with Crippen LogP contribution in [-0.2, 0) is 20.7 Å². The summed E-state index contributed by atoms with van der Waals surface area (Å²) in [7, 11) is 1.30. The van der Waals surface area contributed by atoms with Crippen molar-refractivity contribution < 1.29 is 19.1 Å². The van der Waals surface area contributed by atoms with Gasteiger partial charge in [-0.25, -0.2) is 0 Å². The Hall–Kier alpha value is -3.87. The molecule has 7 heteroatoms. The van der Waals surface area contributed by atoms with E-state index in [1.54, 1.807) is 24.3 Å². The number of nitrogens with zero attached hydrogens (tertiary/aromatic N) is 1. The van der Waals surface area contributed by atoms with E-state index in [4.69, 9.17) is 0 Å². The van der Waals surface area contributed by atoms with Crippen molar-refractivity contribution in [3.63, 3.8) is 0 Å². The third kappa shape index (κ3) is 6.10. The lowest BCUT2D eigenvalue weighted by Crippen LogP contribution is -2.26. The Morgan fingerprint density at radius 3 is 2.24 bits per heavy atom. The molecule has 2 amide bonds. The van der Waals surface area contributed by atoms with Gasteiger partial charge in [-0.1, -0.05) is 17.7 Å². The molecule has 0 spiro atoms. The fraction of sp³-hybridized carbons (Fsp3) is 0.269. The number of aryl methyl sites for hydroxylation is 2. The van der Waals surface area contributed by atoms with E-state index < -0.39 is 0 Å². The number of methoxy groups -OCH3 is 1. The summed E-state index contributed by atoms with van der Waals surface area (Å²) in [6.07, 6.45) is 0.363. The van der Waals surface area contributed by atoms with Gasteiger partial charge in [0.15, 0.2) is 0 Å². The highest BCUT2D eigenvalue weighted by Crippen LogP contribution is 2.22. The third-order valence-electron chi connectivity index (χ3n) is 5.45. The highest BCUT2D eigenvalue weighted by Gasteiger charge is 2.14. The summed E-state index contributed by atoms with van der Waals surface area (Å²) in [5, 5.41) is 5.54. The van der Waals surface area contributed by atoms with E-state index in [1.165, 1.54) is 12.7 Å². The first-order valence-corrected chi connectivity index (χ1v) is 10.8. The van der Waals surface area contributed by atoms with Crippen molar-refractivity contribution in [1.29, 1.82) is 0 Å². The van der Waals surface area contributed by atoms with Gasteiger partial charge in [-0.3, -0.25) is 14.4 Å². The molecule has 0 saturated carbocycles. The van der Waals surface area contributed by atoms with Crippen LogP contribution in [0.2, 0.25) is 0 Å². The monoisotopic (exact) mass is 447 g/mol. The smallest absolute Gasteiger partial charge is 0.307 e. The number of amides is 2. The minimum absolute atomic E-state index is 0.112. The Morgan fingerprint density at radius 2 is 1.61 bits per heavy atom. The van der Waals surface area contributed by atoms with E-state index >= 15 is 0 Å². The molecule has 0 aliphatic heterocycles. The predicted octanol–water partition coefficient (Wildman–Crippen LogP) is 3.88. The SMILES string of the molecule is COC(=O)CCNC(=O)c1ccc(NC(=O)Cc2cc(C)n(-c3ccc(C)cc3)c2C)cc1. The number of esters is 1. The second-order valence-corrected chi connectivity index (χ2v) is 7.95. The van der Waals surface area contributed by atoms with Crippen LogP contribution in [0, 0.1) is 20.8 Å². The number of nitrogens with one attached hydrogen (secondary N) is 2. The second kappa shape index (κ2) is 10.6. The van der Waals surface area contributed by atoms with Crippen molar-refractivity contribution in [3.05, 3.63) is 82.7 Å². The summed E-state index contributed by atoms with van der Waals surface area (Å²) in [6.45, 7) is 6.30. The average Bonchev–Trinajstić information content (AvgIpc) is 3.07. The maximum atomic E-state index is 12.6. The Bertz CT molecular complexity index is 1150. The van der Waals surface area contributed by atoms with Gasteiger partial charge in [-0.15, -0.1) is 0 Å². The minimum atomic E-state index is -0.381. The summed E-state index contributed by atoms with van der Waals surface area (Å²) >= 11 is 0. The lowest BCUT2D eigenvalue weighted by atomic mass is 10.1. The molecular formula is C26H29N3O4. The van der Waals surface area contributed by atoms with Crippen LogP contribution in [0.25, 0.3) is 5.69 Å². The Kier molecular flexibility index (Phi) is 7.66. The zero-order valence-electron chi connectivity index (χ0n) is 19.4. The van der Waals surface area contributed by atoms with E-state index in [0.29, 0.717) is 11.3 Å². The largest absolute Gasteiger partial charge is 0.469 e. The summed E-state index contributed by atoms with van der Waals surface area (Å²) in [4.78, 5) is 35.9. The zero-order chi connectivity index (χ0) is 24.0. The maximum Gasteiger partial charge on any atom is 0.307 e. The molecule has 2 N–H and O–H groups in total. The van der Waals surface area contributed by atoms with Gasteiger partial charge >= 0.3 is 5.97 Å². The summed E-state index contributed by atoms with van der Waals surface area (Å²) in [6, 6.07) is 17.0. The van der Waals surface area contributed by atoms with Crippen LogP contribution < -0.4 is 10.6 Å². The van der Waals surface area contributed by atoms with Crippen molar-refractivity contribution in [2.24, 2.45) is 0 Å². The Morgan fingerprint density at radius 1 is 0.939 bits per heavy atom. The first-order valence-electron chi connectivity index (χ1n) is 10.8. The van der Waals surface area contributed by atoms with Gasteiger partial charge in [-0.2, -0.15) is 0 Å². The maximum absolute atomic E-state index is 12.6. The van der Waals surface area contributed by atoms with Gasteiger partial charge in [0.1, 0.15) is 0 Å². The molecule has 0 bridgehead atoms. The standard InChI is InChI=1S/C26H29N3O4/c1-17-5-11-23(12-6-17)29-18(2)15-21(19(29)3)16-24(30)28-22-9-7-20(8-10-22)26(32)27-14-13-25(31)33-4/h5-12,15H,13-14,16H2,1-4H3,(H,27,32)(H,28,30). The van der Waals surface area contributed by atoms with Gasteiger partial charge in [0, 0.05) is 34.9 Å². The Balaban J connectivity index is 1.60. The number of ether oxygens (including phenoxy) is 1. The van der Waals surface area contributed by atoms with Crippen LogP contribution in [0.3, 0.4) is 0 Å². The Labute approximate surface area is 193 Å². The molecule has 0 fully saturated rings. The van der Waals surface area contributed by atoms with E-state index in [2.05, 4.69) is 51.1 Å². The molecule has 0 aliphatic carbocycles. The molecule has 7 nitrogen and oxygen atoms in total. The first kappa shape index (κ1) is 23.8. The number of aromatic nitrogens is 1. The molecule has 0 radical (unpaired) electrons.